The smallest absolute Gasteiger partial charge is 0.262 e. The molecule has 0 aliphatic carbocycles. The fourth-order valence-electron chi connectivity index (χ4n) is 2.82. The van der Waals surface area contributed by atoms with E-state index in [2.05, 4.69) is 10.6 Å². The molecule has 2 N–H and O–H groups in total. The molecule has 0 aromatic heterocycles. The van der Waals surface area contributed by atoms with Crippen LogP contribution in [0.25, 0.3) is 0 Å². The van der Waals surface area contributed by atoms with E-state index < -0.39 is 46.7 Å². The second-order valence-electron chi connectivity index (χ2n) is 5.89. The second kappa shape index (κ2) is 5.92. The molecule has 1 amide bonds. The molecule has 0 bridgehead atoms. The van der Waals surface area contributed by atoms with Crippen molar-refractivity contribution in [2.75, 3.05) is 28.5 Å². The molecule has 2 saturated heterocycles. The Morgan fingerprint density at radius 1 is 1.38 bits per heavy atom. The molecule has 1 atom stereocenters. The van der Waals surface area contributed by atoms with E-state index in [9.17, 15) is 26.4 Å². The normalized spacial score (nSPS) is 25.0. The Kier molecular flexibility index (Phi) is 4.20. The van der Waals surface area contributed by atoms with Gasteiger partial charge >= 0.3 is 0 Å². The van der Waals surface area contributed by atoms with Gasteiger partial charge in [0.05, 0.1) is 24.0 Å². The zero-order valence-corrected chi connectivity index (χ0v) is 13.4. The lowest BCUT2D eigenvalue weighted by atomic mass is 10.1. The SMILES string of the molecule is O=C(Nc1ccc(F)c(N2CCCS2(=O)=O)c1)C1CC(F)(F)CN1. The average Bonchev–Trinajstić information content (AvgIpc) is 3.02. The number of benzene rings is 1. The van der Waals surface area contributed by atoms with Gasteiger partial charge in [0.15, 0.2) is 0 Å². The number of carbonyl (C=O) groups is 1. The lowest BCUT2D eigenvalue weighted by Crippen LogP contribution is -2.35. The van der Waals surface area contributed by atoms with Crippen LogP contribution in [0, 0.1) is 5.82 Å². The number of amides is 1. The molecule has 3 rings (SSSR count). The lowest BCUT2D eigenvalue weighted by molar-refractivity contribution is -0.118. The Hall–Kier alpha value is -1.81. The molecular weight excluding hydrogens is 347 g/mol. The van der Waals surface area contributed by atoms with Crippen molar-refractivity contribution in [3.8, 4) is 0 Å². The topological polar surface area (TPSA) is 78.5 Å². The van der Waals surface area contributed by atoms with Crippen molar-refractivity contribution in [3.05, 3.63) is 24.0 Å². The summed E-state index contributed by atoms with van der Waals surface area (Å²) in [5, 5.41) is 4.84. The van der Waals surface area contributed by atoms with Crippen LogP contribution in [0.15, 0.2) is 18.2 Å². The first-order chi connectivity index (χ1) is 11.2. The maximum atomic E-state index is 14.0. The second-order valence-corrected chi connectivity index (χ2v) is 7.90. The van der Waals surface area contributed by atoms with Crippen molar-refractivity contribution in [2.45, 2.75) is 24.8 Å². The van der Waals surface area contributed by atoms with Crippen LogP contribution in [0.3, 0.4) is 0 Å². The minimum absolute atomic E-state index is 0.0654. The van der Waals surface area contributed by atoms with Crippen LogP contribution >= 0.6 is 0 Å². The number of rotatable bonds is 3. The minimum Gasteiger partial charge on any atom is -0.325 e. The molecule has 1 aromatic rings. The number of halogens is 3. The highest BCUT2D eigenvalue weighted by Gasteiger charge is 2.42. The van der Waals surface area contributed by atoms with Crippen LogP contribution in [-0.4, -0.2) is 45.1 Å². The highest BCUT2D eigenvalue weighted by Crippen LogP contribution is 2.30. The number of nitrogens with one attached hydrogen (secondary N) is 2. The van der Waals surface area contributed by atoms with Crippen LogP contribution in [0.1, 0.15) is 12.8 Å². The van der Waals surface area contributed by atoms with E-state index in [1.165, 1.54) is 12.1 Å². The third kappa shape index (κ3) is 3.34. The average molecular weight is 363 g/mol. The van der Waals surface area contributed by atoms with Crippen LogP contribution in [0.4, 0.5) is 24.5 Å². The molecule has 132 valence electrons. The maximum Gasteiger partial charge on any atom is 0.262 e. The van der Waals surface area contributed by atoms with Gasteiger partial charge in [0.2, 0.25) is 15.9 Å². The van der Waals surface area contributed by atoms with Crippen LogP contribution in [0.5, 0.6) is 0 Å². The molecular formula is C14H16F3N3O3S. The number of carbonyl (C=O) groups excluding carboxylic acids is 1. The number of sulfonamides is 1. The summed E-state index contributed by atoms with van der Waals surface area (Å²) in [6, 6.07) is 2.44. The van der Waals surface area contributed by atoms with E-state index >= 15 is 0 Å². The van der Waals surface area contributed by atoms with Crippen LogP contribution in [0.2, 0.25) is 0 Å². The molecule has 1 unspecified atom stereocenters. The maximum absolute atomic E-state index is 14.0. The molecule has 0 saturated carbocycles. The molecule has 0 spiro atoms. The monoisotopic (exact) mass is 363 g/mol. The molecule has 6 nitrogen and oxygen atoms in total. The largest absolute Gasteiger partial charge is 0.325 e. The Balaban J connectivity index is 1.78. The summed E-state index contributed by atoms with van der Waals surface area (Å²) < 4.78 is 65.0. The summed E-state index contributed by atoms with van der Waals surface area (Å²) >= 11 is 0. The molecule has 2 fully saturated rings. The van der Waals surface area contributed by atoms with Gasteiger partial charge in [0.1, 0.15) is 5.82 Å². The molecule has 2 aliphatic heterocycles. The van der Waals surface area contributed by atoms with Gasteiger partial charge in [-0.1, -0.05) is 0 Å². The summed E-state index contributed by atoms with van der Waals surface area (Å²) in [5.74, 6) is -4.41. The van der Waals surface area contributed by atoms with E-state index in [0.29, 0.717) is 6.42 Å². The van der Waals surface area contributed by atoms with Crippen molar-refractivity contribution >= 4 is 27.3 Å². The first-order valence-corrected chi connectivity index (χ1v) is 9.01. The fourth-order valence-corrected chi connectivity index (χ4v) is 4.38. The van der Waals surface area contributed by atoms with Crippen molar-refractivity contribution in [1.82, 2.24) is 5.32 Å². The number of hydrogen-bond donors (Lipinski definition) is 2. The minimum atomic E-state index is -3.57. The molecule has 10 heteroatoms. The van der Waals surface area contributed by atoms with E-state index in [1.54, 1.807) is 0 Å². The van der Waals surface area contributed by atoms with Crippen molar-refractivity contribution in [2.24, 2.45) is 0 Å². The number of alkyl halides is 2. The molecule has 2 aliphatic rings. The molecule has 2 heterocycles. The lowest BCUT2D eigenvalue weighted by Gasteiger charge is -2.19. The zero-order valence-electron chi connectivity index (χ0n) is 12.6. The van der Waals surface area contributed by atoms with Crippen molar-refractivity contribution in [3.63, 3.8) is 0 Å². The first-order valence-electron chi connectivity index (χ1n) is 7.40. The van der Waals surface area contributed by atoms with Gasteiger partial charge in [-0.05, 0) is 24.6 Å². The third-order valence-electron chi connectivity index (χ3n) is 4.01. The van der Waals surface area contributed by atoms with Gasteiger partial charge in [-0.2, -0.15) is 0 Å². The van der Waals surface area contributed by atoms with Crippen LogP contribution < -0.4 is 14.9 Å². The number of hydrogen-bond acceptors (Lipinski definition) is 4. The molecule has 1 aromatic carbocycles. The summed E-state index contributed by atoms with van der Waals surface area (Å²) in [5.41, 5.74) is -0.00877. The van der Waals surface area contributed by atoms with E-state index in [0.717, 1.165) is 10.4 Å². The van der Waals surface area contributed by atoms with Gasteiger partial charge in [0.25, 0.3) is 5.92 Å². The molecule has 0 radical (unpaired) electrons. The zero-order chi connectivity index (χ0) is 17.5. The summed E-state index contributed by atoms with van der Waals surface area (Å²) in [7, 11) is -3.57. The van der Waals surface area contributed by atoms with Crippen molar-refractivity contribution < 1.29 is 26.4 Å². The van der Waals surface area contributed by atoms with Crippen LogP contribution in [-0.2, 0) is 14.8 Å². The van der Waals surface area contributed by atoms with Gasteiger partial charge in [-0.15, -0.1) is 0 Å². The number of nitrogens with zero attached hydrogens (tertiary/aromatic N) is 1. The van der Waals surface area contributed by atoms with Gasteiger partial charge in [-0.3, -0.25) is 14.4 Å². The highest BCUT2D eigenvalue weighted by molar-refractivity contribution is 7.93. The van der Waals surface area contributed by atoms with E-state index in [1.807, 2.05) is 0 Å². The summed E-state index contributed by atoms with van der Waals surface area (Å²) in [4.78, 5) is 12.0. The Morgan fingerprint density at radius 2 is 2.12 bits per heavy atom. The Labute approximate surface area is 137 Å². The van der Waals surface area contributed by atoms with Gasteiger partial charge in [-0.25, -0.2) is 21.6 Å². The standard InChI is InChI=1S/C14H16F3N3O3S/c15-10-3-2-9(6-12(10)20-4-1-5-24(20,22)23)19-13(21)11-7-14(16,17)8-18-11/h2-3,6,11,18H,1,4-5,7-8H2,(H,19,21). The predicted octanol–water partition coefficient (Wildman–Crippen LogP) is 1.30. The Bertz CT molecular complexity index is 770. The summed E-state index contributed by atoms with van der Waals surface area (Å²) in [6.07, 6.45) is -0.229. The van der Waals surface area contributed by atoms with Crippen molar-refractivity contribution in [1.29, 1.82) is 0 Å². The first kappa shape index (κ1) is 17.0. The molecule has 24 heavy (non-hydrogen) atoms. The predicted molar refractivity (Wildman–Crippen MR) is 82.1 cm³/mol. The quantitative estimate of drug-likeness (QED) is 0.849. The Morgan fingerprint density at radius 3 is 2.71 bits per heavy atom. The van der Waals surface area contributed by atoms with E-state index in [-0.39, 0.29) is 23.7 Å². The van der Waals surface area contributed by atoms with Gasteiger partial charge in [0, 0.05) is 18.7 Å². The fraction of sp³-hybridized carbons (Fsp3) is 0.500. The third-order valence-corrected chi connectivity index (χ3v) is 5.86. The number of anilines is 2. The summed E-state index contributed by atoms with van der Waals surface area (Å²) in [6.45, 7) is -0.418. The van der Waals surface area contributed by atoms with Gasteiger partial charge < -0.3 is 5.32 Å². The highest BCUT2D eigenvalue weighted by atomic mass is 32.2. The van der Waals surface area contributed by atoms with E-state index in [4.69, 9.17) is 0 Å².